The van der Waals surface area contributed by atoms with Gasteiger partial charge in [-0.1, -0.05) is 0 Å². The first kappa shape index (κ1) is 11.2. The molecule has 1 amide bonds. The van der Waals surface area contributed by atoms with Crippen LogP contribution in [0.4, 0.5) is 0 Å². The summed E-state index contributed by atoms with van der Waals surface area (Å²) in [6, 6.07) is 0. The first-order valence-corrected chi connectivity index (χ1v) is 6.94. The average Bonchev–Trinajstić information content (AvgIpc) is 2.79. The van der Waals surface area contributed by atoms with E-state index >= 15 is 0 Å². The highest BCUT2D eigenvalue weighted by Gasteiger charge is 2.59. The molecule has 18 heavy (non-hydrogen) atoms. The minimum absolute atomic E-state index is 0.248. The van der Waals surface area contributed by atoms with E-state index in [9.17, 15) is 4.79 Å². The fourth-order valence-electron chi connectivity index (χ4n) is 3.67. The van der Waals surface area contributed by atoms with E-state index in [0.29, 0.717) is 31.0 Å². The van der Waals surface area contributed by atoms with Gasteiger partial charge in [0.25, 0.3) is 0 Å². The predicted molar refractivity (Wildman–Crippen MR) is 61.7 cm³/mol. The molecule has 5 nitrogen and oxygen atoms in total. The molecule has 0 N–H and O–H groups in total. The van der Waals surface area contributed by atoms with Gasteiger partial charge in [0.2, 0.25) is 5.91 Å². The summed E-state index contributed by atoms with van der Waals surface area (Å²) in [6.07, 6.45) is 1.63. The monoisotopic (exact) mass is 253 g/mol. The maximum absolute atomic E-state index is 12.4. The average molecular weight is 253 g/mol. The molecule has 4 aliphatic rings. The van der Waals surface area contributed by atoms with E-state index in [4.69, 9.17) is 14.2 Å². The number of rotatable bonds is 1. The molecule has 0 radical (unpaired) electrons. The molecule has 3 saturated heterocycles. The van der Waals surface area contributed by atoms with Crippen LogP contribution in [0.25, 0.3) is 0 Å². The number of fused-ring (bicyclic) bond motifs is 1. The number of hydrogen-bond donors (Lipinski definition) is 0. The molecular weight excluding hydrogens is 234 g/mol. The lowest BCUT2D eigenvalue weighted by molar-refractivity contribution is -0.188. The third-order valence-electron chi connectivity index (χ3n) is 4.89. The second kappa shape index (κ2) is 3.92. The molecule has 1 aliphatic carbocycles. The number of nitrogens with zero attached hydrogens (tertiary/aromatic N) is 1. The molecular formula is C13H19NO4. The van der Waals surface area contributed by atoms with Crippen LogP contribution in [0.3, 0.4) is 0 Å². The first-order valence-electron chi connectivity index (χ1n) is 6.94. The Kier molecular flexibility index (Phi) is 2.44. The Labute approximate surface area is 106 Å². The molecule has 0 aromatic rings. The molecule has 3 heterocycles. The van der Waals surface area contributed by atoms with Crippen molar-refractivity contribution in [3.05, 3.63) is 0 Å². The smallest absolute Gasteiger partial charge is 0.226 e. The molecule has 2 atom stereocenters. The number of hydrogen-bond acceptors (Lipinski definition) is 4. The summed E-state index contributed by atoms with van der Waals surface area (Å²) in [5, 5.41) is 0. The lowest BCUT2D eigenvalue weighted by Crippen LogP contribution is -2.48. The zero-order chi connectivity index (χ0) is 12.2. The van der Waals surface area contributed by atoms with E-state index in [-0.39, 0.29) is 11.7 Å². The Morgan fingerprint density at radius 1 is 1.06 bits per heavy atom. The second-order valence-electron chi connectivity index (χ2n) is 5.82. The van der Waals surface area contributed by atoms with Crippen LogP contribution >= 0.6 is 0 Å². The number of ether oxygens (including phenoxy) is 3. The minimum atomic E-state index is -0.376. The van der Waals surface area contributed by atoms with Crippen molar-refractivity contribution in [1.29, 1.82) is 0 Å². The van der Waals surface area contributed by atoms with E-state index in [1.54, 1.807) is 0 Å². The molecule has 0 aromatic carbocycles. The Balaban J connectivity index is 1.35. The van der Waals surface area contributed by atoms with Gasteiger partial charge in [-0.3, -0.25) is 4.79 Å². The largest absolute Gasteiger partial charge is 0.381 e. The Hall–Kier alpha value is -0.650. The summed E-state index contributed by atoms with van der Waals surface area (Å²) in [6.45, 7) is 4.50. The highest BCUT2D eigenvalue weighted by Crippen LogP contribution is 2.51. The number of likely N-dealkylation sites (tertiary alicyclic amines) is 1. The van der Waals surface area contributed by atoms with Crippen LogP contribution in [-0.2, 0) is 19.0 Å². The summed E-state index contributed by atoms with van der Waals surface area (Å²) in [7, 11) is 0. The van der Waals surface area contributed by atoms with Crippen LogP contribution in [0, 0.1) is 17.8 Å². The third-order valence-corrected chi connectivity index (χ3v) is 4.89. The van der Waals surface area contributed by atoms with Crippen molar-refractivity contribution in [2.24, 2.45) is 17.8 Å². The lowest BCUT2D eigenvalue weighted by Gasteiger charge is -2.37. The molecule has 100 valence electrons. The van der Waals surface area contributed by atoms with Crippen LogP contribution in [0.2, 0.25) is 0 Å². The van der Waals surface area contributed by atoms with Gasteiger partial charge in [-0.2, -0.15) is 0 Å². The van der Waals surface area contributed by atoms with Gasteiger partial charge in [0.05, 0.1) is 26.4 Å². The van der Waals surface area contributed by atoms with Gasteiger partial charge in [0.1, 0.15) is 0 Å². The van der Waals surface area contributed by atoms with Crippen LogP contribution in [0.5, 0.6) is 0 Å². The van der Waals surface area contributed by atoms with Gasteiger partial charge < -0.3 is 19.1 Å². The zero-order valence-electron chi connectivity index (χ0n) is 10.5. The Morgan fingerprint density at radius 3 is 2.28 bits per heavy atom. The van der Waals surface area contributed by atoms with Gasteiger partial charge in [-0.15, -0.1) is 0 Å². The van der Waals surface area contributed by atoms with E-state index in [1.165, 1.54) is 0 Å². The van der Waals surface area contributed by atoms with Crippen molar-refractivity contribution in [3.63, 3.8) is 0 Å². The van der Waals surface area contributed by atoms with Crippen LogP contribution in [0.15, 0.2) is 0 Å². The lowest BCUT2D eigenvalue weighted by atomic mass is 10.0. The standard InChI is InChI=1S/C13H19NO4/c15-12(11-9-7-16-8-10(9)11)14-3-1-13(2-4-14)17-5-6-18-13/h9-11H,1-8H2. The molecule has 0 aromatic heterocycles. The normalized spacial score (nSPS) is 41.1. The fraction of sp³-hybridized carbons (Fsp3) is 0.923. The van der Waals surface area contributed by atoms with E-state index in [0.717, 1.165) is 39.1 Å². The second-order valence-corrected chi connectivity index (χ2v) is 5.82. The van der Waals surface area contributed by atoms with Crippen molar-refractivity contribution in [3.8, 4) is 0 Å². The number of amides is 1. The first-order chi connectivity index (χ1) is 8.79. The number of piperidine rings is 1. The van der Waals surface area contributed by atoms with Crippen molar-refractivity contribution in [1.82, 2.24) is 4.90 Å². The number of carbonyl (C=O) groups is 1. The van der Waals surface area contributed by atoms with Crippen LogP contribution < -0.4 is 0 Å². The molecule has 2 unspecified atom stereocenters. The van der Waals surface area contributed by atoms with Gasteiger partial charge >= 0.3 is 0 Å². The molecule has 1 saturated carbocycles. The van der Waals surface area contributed by atoms with E-state index in [1.807, 2.05) is 4.90 Å². The van der Waals surface area contributed by atoms with Gasteiger partial charge in [-0.05, 0) is 11.8 Å². The van der Waals surface area contributed by atoms with Gasteiger partial charge in [0.15, 0.2) is 5.79 Å². The van der Waals surface area contributed by atoms with E-state index < -0.39 is 0 Å². The maximum atomic E-state index is 12.4. The number of carbonyl (C=O) groups excluding carboxylic acids is 1. The predicted octanol–water partition coefficient (Wildman–Crippen LogP) is 0.244. The van der Waals surface area contributed by atoms with Crippen molar-refractivity contribution in [2.75, 3.05) is 39.5 Å². The topological polar surface area (TPSA) is 48.0 Å². The summed E-state index contributed by atoms with van der Waals surface area (Å²) in [4.78, 5) is 14.4. The Bertz CT molecular complexity index is 346. The summed E-state index contributed by atoms with van der Waals surface area (Å²) >= 11 is 0. The van der Waals surface area contributed by atoms with Crippen molar-refractivity contribution in [2.45, 2.75) is 18.6 Å². The van der Waals surface area contributed by atoms with Gasteiger partial charge in [-0.25, -0.2) is 0 Å². The maximum Gasteiger partial charge on any atom is 0.226 e. The molecule has 4 fully saturated rings. The van der Waals surface area contributed by atoms with Crippen LogP contribution in [0.1, 0.15) is 12.8 Å². The van der Waals surface area contributed by atoms with E-state index in [2.05, 4.69) is 0 Å². The quantitative estimate of drug-likeness (QED) is 0.672. The molecule has 1 spiro atoms. The summed E-state index contributed by atoms with van der Waals surface area (Å²) in [5.74, 6) is 1.22. The zero-order valence-corrected chi connectivity index (χ0v) is 10.5. The van der Waals surface area contributed by atoms with Crippen molar-refractivity contribution >= 4 is 5.91 Å². The third kappa shape index (κ3) is 1.61. The minimum Gasteiger partial charge on any atom is -0.381 e. The van der Waals surface area contributed by atoms with Crippen LogP contribution in [-0.4, -0.2) is 56.1 Å². The fourth-order valence-corrected chi connectivity index (χ4v) is 3.67. The SMILES string of the molecule is O=C(C1C2COCC21)N1CCC2(CC1)OCCO2. The highest BCUT2D eigenvalue weighted by atomic mass is 16.7. The Morgan fingerprint density at radius 2 is 1.67 bits per heavy atom. The highest BCUT2D eigenvalue weighted by molar-refractivity contribution is 5.82. The summed E-state index contributed by atoms with van der Waals surface area (Å²) < 4.78 is 16.7. The van der Waals surface area contributed by atoms with Gasteiger partial charge in [0, 0.05) is 31.8 Å². The molecule has 0 bridgehead atoms. The summed E-state index contributed by atoms with van der Waals surface area (Å²) in [5.41, 5.74) is 0. The molecule has 4 rings (SSSR count). The molecule has 5 heteroatoms. The van der Waals surface area contributed by atoms with Crippen molar-refractivity contribution < 1.29 is 19.0 Å². The molecule has 3 aliphatic heterocycles.